The quantitative estimate of drug-likeness (QED) is 0.836. The minimum absolute atomic E-state index is 0.0500. The molecule has 0 heterocycles. The molecule has 1 N–H and O–H groups in total. The van der Waals surface area contributed by atoms with Crippen molar-refractivity contribution in [2.24, 2.45) is 0 Å². The van der Waals surface area contributed by atoms with Crippen LogP contribution >= 0.6 is 15.9 Å². The molecule has 0 saturated heterocycles. The van der Waals surface area contributed by atoms with Crippen LogP contribution in [0.15, 0.2) is 46.9 Å². The van der Waals surface area contributed by atoms with Crippen molar-refractivity contribution in [3.05, 3.63) is 52.5 Å². The first-order valence-electron chi connectivity index (χ1n) is 7.50. The van der Waals surface area contributed by atoms with Gasteiger partial charge in [0.05, 0.1) is 11.1 Å². The van der Waals surface area contributed by atoms with Crippen LogP contribution in [0, 0.1) is 0 Å². The van der Waals surface area contributed by atoms with Gasteiger partial charge >= 0.3 is 0 Å². The molecule has 0 aliphatic carbocycles. The Bertz CT molecular complexity index is 744. The predicted molar refractivity (Wildman–Crippen MR) is 98.8 cm³/mol. The third-order valence-corrected chi connectivity index (χ3v) is 4.10. The first-order chi connectivity index (χ1) is 11.4. The van der Waals surface area contributed by atoms with Gasteiger partial charge in [0.2, 0.25) is 5.91 Å². The molecule has 2 aromatic carbocycles. The molecule has 2 aromatic rings. The molecule has 6 heteroatoms. The van der Waals surface area contributed by atoms with Crippen molar-refractivity contribution >= 4 is 39.1 Å². The maximum atomic E-state index is 12.3. The van der Waals surface area contributed by atoms with Gasteiger partial charge in [0.1, 0.15) is 5.75 Å². The third-order valence-electron chi connectivity index (χ3n) is 3.48. The van der Waals surface area contributed by atoms with E-state index in [0.29, 0.717) is 23.6 Å². The van der Waals surface area contributed by atoms with E-state index in [-0.39, 0.29) is 11.8 Å². The molecule has 2 amide bonds. The standard InChI is InChI=1S/C18H19BrN2O3/c1-4-24-17-10-5-13(11-16(17)19)18(23)20-14-6-8-15(9-7-14)21(3)12(2)22/h5-11H,4H2,1-3H3,(H,20,23). The Morgan fingerprint density at radius 2 is 1.83 bits per heavy atom. The maximum absolute atomic E-state index is 12.3. The summed E-state index contributed by atoms with van der Waals surface area (Å²) in [5.74, 6) is 0.433. The number of carbonyl (C=O) groups is 2. The van der Waals surface area contributed by atoms with Crippen molar-refractivity contribution in [1.82, 2.24) is 0 Å². The molecule has 24 heavy (non-hydrogen) atoms. The van der Waals surface area contributed by atoms with Crippen LogP contribution in [0.1, 0.15) is 24.2 Å². The van der Waals surface area contributed by atoms with E-state index in [1.165, 1.54) is 11.8 Å². The fourth-order valence-electron chi connectivity index (χ4n) is 2.07. The van der Waals surface area contributed by atoms with Crippen molar-refractivity contribution in [3.63, 3.8) is 0 Å². The van der Waals surface area contributed by atoms with E-state index in [9.17, 15) is 9.59 Å². The summed E-state index contributed by atoms with van der Waals surface area (Å²) in [6, 6.07) is 12.3. The maximum Gasteiger partial charge on any atom is 0.255 e. The normalized spacial score (nSPS) is 10.2. The zero-order valence-corrected chi connectivity index (χ0v) is 15.4. The highest BCUT2D eigenvalue weighted by Gasteiger charge is 2.10. The summed E-state index contributed by atoms with van der Waals surface area (Å²) in [5.41, 5.74) is 1.95. The van der Waals surface area contributed by atoms with Crippen LogP contribution in [0.5, 0.6) is 5.75 Å². The highest BCUT2D eigenvalue weighted by molar-refractivity contribution is 9.10. The average molecular weight is 391 g/mol. The van der Waals surface area contributed by atoms with E-state index < -0.39 is 0 Å². The van der Waals surface area contributed by atoms with Gasteiger partial charge < -0.3 is 15.0 Å². The smallest absolute Gasteiger partial charge is 0.255 e. The Morgan fingerprint density at radius 1 is 1.17 bits per heavy atom. The molecule has 126 valence electrons. The minimum Gasteiger partial charge on any atom is -0.493 e. The van der Waals surface area contributed by atoms with Crippen LogP contribution in [-0.2, 0) is 4.79 Å². The number of benzene rings is 2. The van der Waals surface area contributed by atoms with Crippen molar-refractivity contribution in [3.8, 4) is 5.75 Å². The molecule has 0 aliphatic rings. The molecular formula is C18H19BrN2O3. The summed E-state index contributed by atoms with van der Waals surface area (Å²) < 4.78 is 6.17. The lowest BCUT2D eigenvalue weighted by molar-refractivity contribution is -0.116. The molecular weight excluding hydrogens is 372 g/mol. The second kappa shape index (κ2) is 7.97. The number of ether oxygens (including phenoxy) is 1. The van der Waals surface area contributed by atoms with Gasteiger partial charge in [0.15, 0.2) is 0 Å². The number of hydrogen-bond acceptors (Lipinski definition) is 3. The van der Waals surface area contributed by atoms with E-state index in [2.05, 4.69) is 21.2 Å². The number of rotatable bonds is 5. The van der Waals surface area contributed by atoms with E-state index in [0.717, 1.165) is 10.2 Å². The SMILES string of the molecule is CCOc1ccc(C(=O)Nc2ccc(N(C)C(C)=O)cc2)cc1Br. The van der Waals surface area contributed by atoms with Gasteiger partial charge in [-0.2, -0.15) is 0 Å². The van der Waals surface area contributed by atoms with Crippen LogP contribution in [0.2, 0.25) is 0 Å². The molecule has 0 fully saturated rings. The van der Waals surface area contributed by atoms with Gasteiger partial charge in [-0.1, -0.05) is 0 Å². The van der Waals surface area contributed by atoms with Crippen molar-refractivity contribution in [2.45, 2.75) is 13.8 Å². The Kier molecular flexibility index (Phi) is 5.98. The number of nitrogens with one attached hydrogen (secondary N) is 1. The molecule has 0 spiro atoms. The molecule has 5 nitrogen and oxygen atoms in total. The number of hydrogen-bond donors (Lipinski definition) is 1. The number of halogens is 1. The first-order valence-corrected chi connectivity index (χ1v) is 8.29. The predicted octanol–water partition coefficient (Wildman–Crippen LogP) is 4.08. The lowest BCUT2D eigenvalue weighted by Gasteiger charge is -2.15. The van der Waals surface area contributed by atoms with Crippen molar-refractivity contribution in [1.29, 1.82) is 0 Å². The second-order valence-electron chi connectivity index (χ2n) is 5.16. The fourth-order valence-corrected chi connectivity index (χ4v) is 2.56. The fraction of sp³-hybridized carbons (Fsp3) is 0.222. The summed E-state index contributed by atoms with van der Waals surface area (Å²) in [6.45, 7) is 3.96. The van der Waals surface area contributed by atoms with Crippen LogP contribution in [0.3, 0.4) is 0 Å². The van der Waals surface area contributed by atoms with Gasteiger partial charge in [-0.15, -0.1) is 0 Å². The molecule has 0 aromatic heterocycles. The van der Waals surface area contributed by atoms with Crippen LogP contribution in [-0.4, -0.2) is 25.5 Å². The van der Waals surface area contributed by atoms with Gasteiger partial charge in [0.25, 0.3) is 5.91 Å². The van der Waals surface area contributed by atoms with Gasteiger partial charge in [-0.05, 0) is 65.3 Å². The average Bonchev–Trinajstić information content (AvgIpc) is 2.56. The highest BCUT2D eigenvalue weighted by atomic mass is 79.9. The van der Waals surface area contributed by atoms with Crippen molar-refractivity contribution in [2.75, 3.05) is 23.9 Å². The molecule has 0 aliphatic heterocycles. The summed E-state index contributed by atoms with van der Waals surface area (Å²) in [6.07, 6.45) is 0. The Balaban J connectivity index is 2.09. The van der Waals surface area contributed by atoms with E-state index in [1.54, 1.807) is 49.5 Å². The van der Waals surface area contributed by atoms with Gasteiger partial charge in [-0.25, -0.2) is 0 Å². The topological polar surface area (TPSA) is 58.6 Å². The Hall–Kier alpha value is -2.34. The monoisotopic (exact) mass is 390 g/mol. The summed E-state index contributed by atoms with van der Waals surface area (Å²) in [7, 11) is 1.70. The van der Waals surface area contributed by atoms with Crippen molar-refractivity contribution < 1.29 is 14.3 Å². The Morgan fingerprint density at radius 3 is 2.38 bits per heavy atom. The molecule has 0 atom stereocenters. The summed E-state index contributed by atoms with van der Waals surface area (Å²) in [4.78, 5) is 25.2. The summed E-state index contributed by atoms with van der Waals surface area (Å²) in [5, 5.41) is 2.83. The summed E-state index contributed by atoms with van der Waals surface area (Å²) >= 11 is 3.40. The number of nitrogens with zero attached hydrogens (tertiary/aromatic N) is 1. The second-order valence-corrected chi connectivity index (χ2v) is 6.01. The number of carbonyl (C=O) groups excluding carboxylic acids is 2. The minimum atomic E-state index is -0.216. The molecule has 0 bridgehead atoms. The molecule has 0 saturated carbocycles. The van der Waals surface area contributed by atoms with E-state index in [4.69, 9.17) is 4.74 Å². The third kappa shape index (κ3) is 4.35. The lowest BCUT2D eigenvalue weighted by Crippen LogP contribution is -2.22. The largest absolute Gasteiger partial charge is 0.493 e. The highest BCUT2D eigenvalue weighted by Crippen LogP contribution is 2.26. The molecule has 2 rings (SSSR count). The zero-order chi connectivity index (χ0) is 17.7. The zero-order valence-electron chi connectivity index (χ0n) is 13.8. The molecule has 0 radical (unpaired) electrons. The van der Waals surface area contributed by atoms with Crippen LogP contribution in [0.25, 0.3) is 0 Å². The number of amides is 2. The molecule has 0 unspecified atom stereocenters. The first kappa shape index (κ1) is 18.0. The number of anilines is 2. The van der Waals surface area contributed by atoms with E-state index in [1.807, 2.05) is 6.92 Å². The van der Waals surface area contributed by atoms with Crippen LogP contribution in [0.4, 0.5) is 11.4 Å². The van der Waals surface area contributed by atoms with E-state index >= 15 is 0 Å². The van der Waals surface area contributed by atoms with Crippen LogP contribution < -0.4 is 15.0 Å². The van der Waals surface area contributed by atoms with Gasteiger partial charge in [-0.3, -0.25) is 9.59 Å². The lowest BCUT2D eigenvalue weighted by atomic mass is 10.2. The van der Waals surface area contributed by atoms with Gasteiger partial charge in [0, 0.05) is 30.9 Å². The Labute approximate surface area is 149 Å².